The molecule has 0 aliphatic carbocycles. The second-order valence-electron chi connectivity index (χ2n) is 5.86. The molecule has 3 aromatic heterocycles. The molecule has 0 aliphatic heterocycles. The lowest BCUT2D eigenvalue weighted by molar-refractivity contribution is 0.238. The quantitative estimate of drug-likeness (QED) is 0.510. The van der Waals surface area contributed by atoms with Crippen molar-refractivity contribution in [1.29, 1.82) is 0 Å². The highest BCUT2D eigenvalue weighted by molar-refractivity contribution is 5.16. The van der Waals surface area contributed by atoms with Crippen LogP contribution in [0.3, 0.4) is 0 Å². The number of hydrogen-bond donors (Lipinski definition) is 0. The Morgan fingerprint density at radius 1 is 0.536 bits per heavy atom. The molecular weight excluding hydrogens is 390 g/mol. The Bertz CT molecular complexity index is 813. The van der Waals surface area contributed by atoms with Crippen molar-refractivity contribution in [3.63, 3.8) is 0 Å². The molecular formula is C16H16F6N6. The van der Waals surface area contributed by atoms with Gasteiger partial charge in [0, 0.05) is 0 Å². The molecule has 3 aromatic rings. The molecule has 0 N–H and O–H groups in total. The second kappa shape index (κ2) is 8.48. The molecule has 152 valence electrons. The van der Waals surface area contributed by atoms with E-state index in [2.05, 4.69) is 15.3 Å². The van der Waals surface area contributed by atoms with Crippen LogP contribution in [0.4, 0.5) is 26.3 Å². The van der Waals surface area contributed by atoms with E-state index < -0.39 is 46.3 Å². The molecule has 12 heteroatoms. The predicted octanol–water partition coefficient (Wildman–Crippen LogP) is 3.65. The SMILES string of the molecule is FCc1cc(CF)n(C(n2nc(CF)cc2CF)n2nc(CF)cc2CF)n1. The monoisotopic (exact) mass is 406 g/mol. The van der Waals surface area contributed by atoms with E-state index in [1.807, 2.05) is 0 Å². The third kappa shape index (κ3) is 3.50. The first-order valence-corrected chi connectivity index (χ1v) is 8.17. The minimum absolute atomic E-state index is 0.123. The van der Waals surface area contributed by atoms with E-state index in [-0.39, 0.29) is 34.2 Å². The smallest absolute Gasteiger partial charge is 0.239 e. The van der Waals surface area contributed by atoms with E-state index in [9.17, 15) is 26.3 Å². The van der Waals surface area contributed by atoms with E-state index in [0.29, 0.717) is 0 Å². The van der Waals surface area contributed by atoms with Crippen LogP contribution in [0.25, 0.3) is 0 Å². The third-order valence-corrected chi connectivity index (χ3v) is 4.07. The Kier molecular flexibility index (Phi) is 6.05. The van der Waals surface area contributed by atoms with Gasteiger partial charge >= 0.3 is 0 Å². The zero-order chi connectivity index (χ0) is 20.3. The molecule has 0 fully saturated rings. The van der Waals surface area contributed by atoms with Crippen LogP contribution in [-0.2, 0) is 40.0 Å². The fourth-order valence-corrected chi connectivity index (χ4v) is 2.88. The summed E-state index contributed by atoms with van der Waals surface area (Å²) in [5, 5.41) is 11.8. The van der Waals surface area contributed by atoms with Gasteiger partial charge in [-0.3, -0.25) is 0 Å². The van der Waals surface area contributed by atoms with Crippen molar-refractivity contribution >= 4 is 0 Å². The van der Waals surface area contributed by atoms with Gasteiger partial charge in [-0.25, -0.2) is 40.4 Å². The Morgan fingerprint density at radius 3 is 1.04 bits per heavy atom. The van der Waals surface area contributed by atoms with E-state index in [1.165, 1.54) is 0 Å². The van der Waals surface area contributed by atoms with Crippen molar-refractivity contribution < 1.29 is 26.3 Å². The summed E-state index contributed by atoms with van der Waals surface area (Å²) in [7, 11) is 0. The minimum atomic E-state index is -1.43. The van der Waals surface area contributed by atoms with Crippen LogP contribution in [-0.4, -0.2) is 29.3 Å². The number of nitrogens with zero attached hydrogens (tertiary/aromatic N) is 6. The summed E-state index contributed by atoms with van der Waals surface area (Å²) in [5.74, 6) is 0. The van der Waals surface area contributed by atoms with Crippen molar-refractivity contribution in [2.75, 3.05) is 0 Å². The molecule has 0 unspecified atom stereocenters. The molecule has 0 aliphatic rings. The molecule has 0 aromatic carbocycles. The Labute approximate surface area is 155 Å². The van der Waals surface area contributed by atoms with Crippen LogP contribution in [0, 0.1) is 0 Å². The van der Waals surface area contributed by atoms with Gasteiger partial charge in [0.25, 0.3) is 0 Å². The van der Waals surface area contributed by atoms with Gasteiger partial charge in [0.15, 0.2) is 0 Å². The predicted molar refractivity (Wildman–Crippen MR) is 85.4 cm³/mol. The highest BCUT2D eigenvalue weighted by atomic mass is 19.1. The lowest BCUT2D eigenvalue weighted by atomic mass is 10.3. The van der Waals surface area contributed by atoms with Crippen LogP contribution in [0.1, 0.15) is 40.5 Å². The fraction of sp³-hybridized carbons (Fsp3) is 0.438. The van der Waals surface area contributed by atoms with E-state index in [0.717, 1.165) is 32.2 Å². The van der Waals surface area contributed by atoms with Crippen LogP contribution in [0.2, 0.25) is 0 Å². The molecule has 6 nitrogen and oxygen atoms in total. The Balaban J connectivity index is 2.28. The molecule has 0 saturated heterocycles. The summed E-state index contributed by atoms with van der Waals surface area (Å²) >= 11 is 0. The van der Waals surface area contributed by atoms with E-state index in [4.69, 9.17) is 0 Å². The first-order valence-electron chi connectivity index (χ1n) is 8.17. The lowest BCUT2D eigenvalue weighted by Gasteiger charge is -2.23. The normalized spacial score (nSPS) is 11.7. The summed E-state index contributed by atoms with van der Waals surface area (Å²) in [6, 6.07) is 3.41. The van der Waals surface area contributed by atoms with E-state index >= 15 is 0 Å². The summed E-state index contributed by atoms with van der Waals surface area (Å²) < 4.78 is 82.6. The minimum Gasteiger partial charge on any atom is -0.244 e. The second-order valence-corrected chi connectivity index (χ2v) is 5.86. The number of alkyl halides is 6. The molecule has 3 heterocycles. The van der Waals surface area contributed by atoms with Crippen molar-refractivity contribution in [3.8, 4) is 0 Å². The van der Waals surface area contributed by atoms with Crippen molar-refractivity contribution in [2.45, 2.75) is 46.3 Å². The van der Waals surface area contributed by atoms with Gasteiger partial charge in [-0.05, 0) is 18.2 Å². The summed E-state index contributed by atoms with van der Waals surface area (Å²) in [5.41, 5.74) is -0.753. The lowest BCUT2D eigenvalue weighted by Crippen LogP contribution is -2.32. The number of hydrogen-bond acceptors (Lipinski definition) is 3. The van der Waals surface area contributed by atoms with Crippen LogP contribution in [0.15, 0.2) is 18.2 Å². The molecule has 0 atom stereocenters. The van der Waals surface area contributed by atoms with Crippen molar-refractivity contribution in [2.24, 2.45) is 0 Å². The molecule has 0 amide bonds. The van der Waals surface area contributed by atoms with Gasteiger partial charge in [0.2, 0.25) is 6.29 Å². The van der Waals surface area contributed by atoms with Crippen molar-refractivity contribution in [1.82, 2.24) is 29.3 Å². The average Bonchev–Trinajstić information content (AvgIpc) is 3.44. The first kappa shape index (κ1) is 20.0. The van der Waals surface area contributed by atoms with Gasteiger partial charge in [0.1, 0.15) is 40.0 Å². The maximum Gasteiger partial charge on any atom is 0.239 e. The number of rotatable bonds is 9. The Hall–Kier alpha value is -2.79. The summed E-state index contributed by atoms with van der Waals surface area (Å²) in [6.07, 6.45) is -1.43. The van der Waals surface area contributed by atoms with Crippen LogP contribution in [0.5, 0.6) is 0 Å². The van der Waals surface area contributed by atoms with E-state index in [1.54, 1.807) is 0 Å². The molecule has 3 rings (SSSR count). The molecule has 0 spiro atoms. The molecule has 0 bridgehead atoms. The summed E-state index contributed by atoms with van der Waals surface area (Å²) in [6.45, 7) is -6.26. The standard InChI is InChI=1S/C16H16F6N6/c17-4-10-1-13(7-20)26(23-10)16(27-14(8-21)2-11(5-18)24-27)28-15(9-22)3-12(6-19)25-28/h1-3,16H,4-9H2. The average molecular weight is 406 g/mol. The van der Waals surface area contributed by atoms with Gasteiger partial charge in [-0.1, -0.05) is 0 Å². The van der Waals surface area contributed by atoms with Crippen molar-refractivity contribution in [3.05, 3.63) is 52.4 Å². The van der Waals surface area contributed by atoms with Gasteiger partial charge in [-0.15, -0.1) is 0 Å². The highest BCUT2D eigenvalue weighted by Gasteiger charge is 2.28. The topological polar surface area (TPSA) is 53.5 Å². The maximum absolute atomic E-state index is 13.5. The number of halogens is 6. The fourth-order valence-electron chi connectivity index (χ4n) is 2.88. The maximum atomic E-state index is 13.5. The zero-order valence-electron chi connectivity index (χ0n) is 14.5. The van der Waals surface area contributed by atoms with Gasteiger partial charge < -0.3 is 0 Å². The third-order valence-electron chi connectivity index (χ3n) is 4.07. The van der Waals surface area contributed by atoms with Gasteiger partial charge in [0.05, 0.1) is 34.2 Å². The van der Waals surface area contributed by atoms with Crippen LogP contribution >= 0.6 is 0 Å². The molecule has 0 saturated carbocycles. The largest absolute Gasteiger partial charge is 0.244 e. The number of aromatic nitrogens is 6. The highest BCUT2D eigenvalue weighted by Crippen LogP contribution is 2.24. The Morgan fingerprint density at radius 2 is 0.821 bits per heavy atom. The van der Waals surface area contributed by atoms with Gasteiger partial charge in [-0.2, -0.15) is 15.3 Å². The molecule has 28 heavy (non-hydrogen) atoms. The summed E-state index contributed by atoms with van der Waals surface area (Å²) in [4.78, 5) is 0. The van der Waals surface area contributed by atoms with Crippen LogP contribution < -0.4 is 0 Å². The first-order chi connectivity index (χ1) is 13.6. The zero-order valence-corrected chi connectivity index (χ0v) is 14.5. The molecule has 0 radical (unpaired) electrons.